The summed E-state index contributed by atoms with van der Waals surface area (Å²) < 4.78 is 1.80. The topological polar surface area (TPSA) is 75.6 Å². The van der Waals surface area contributed by atoms with E-state index >= 15 is 0 Å². The standard InChI is InChI=1S/C15H17N5O/c1-9(13-8-17-20(3)10(13)2)18-15(21)12-6-4-5-11-7-16-19-14(11)12/h4-9H,1-3H3,(H,16,19)(H,18,21)/t9-/m1/s1. The number of hydrogen-bond acceptors (Lipinski definition) is 3. The normalized spacial score (nSPS) is 12.5. The number of nitrogens with one attached hydrogen (secondary N) is 2. The number of hydrogen-bond donors (Lipinski definition) is 2. The van der Waals surface area contributed by atoms with Crippen molar-refractivity contribution in [2.24, 2.45) is 7.05 Å². The highest BCUT2D eigenvalue weighted by Gasteiger charge is 2.17. The average Bonchev–Trinajstić information content (AvgIpc) is 3.06. The minimum atomic E-state index is -0.124. The molecule has 21 heavy (non-hydrogen) atoms. The molecule has 2 N–H and O–H groups in total. The van der Waals surface area contributed by atoms with Crippen molar-refractivity contribution in [1.82, 2.24) is 25.3 Å². The van der Waals surface area contributed by atoms with Crippen LogP contribution in [0.2, 0.25) is 0 Å². The molecule has 0 radical (unpaired) electrons. The van der Waals surface area contributed by atoms with Crippen molar-refractivity contribution in [2.45, 2.75) is 19.9 Å². The molecule has 0 unspecified atom stereocenters. The van der Waals surface area contributed by atoms with Crippen molar-refractivity contribution < 1.29 is 4.79 Å². The Morgan fingerprint density at radius 3 is 2.90 bits per heavy atom. The zero-order valence-electron chi connectivity index (χ0n) is 12.2. The van der Waals surface area contributed by atoms with Gasteiger partial charge in [-0.1, -0.05) is 12.1 Å². The molecule has 0 saturated heterocycles. The van der Waals surface area contributed by atoms with Crippen molar-refractivity contribution in [1.29, 1.82) is 0 Å². The van der Waals surface area contributed by atoms with Gasteiger partial charge in [0, 0.05) is 23.7 Å². The van der Waals surface area contributed by atoms with Crippen LogP contribution in [0.25, 0.3) is 10.9 Å². The fraction of sp³-hybridized carbons (Fsp3) is 0.267. The molecule has 1 aromatic carbocycles. The lowest BCUT2D eigenvalue weighted by molar-refractivity contribution is 0.0941. The van der Waals surface area contributed by atoms with Crippen molar-refractivity contribution in [3.63, 3.8) is 0 Å². The Bertz CT molecular complexity index is 801. The third-order valence-corrected chi connectivity index (χ3v) is 3.81. The third kappa shape index (κ3) is 2.29. The highest BCUT2D eigenvalue weighted by molar-refractivity contribution is 6.05. The molecular formula is C15H17N5O. The summed E-state index contributed by atoms with van der Waals surface area (Å²) >= 11 is 0. The molecule has 6 heteroatoms. The molecule has 0 bridgehead atoms. The molecule has 3 rings (SSSR count). The van der Waals surface area contributed by atoms with Gasteiger partial charge in [-0.2, -0.15) is 10.2 Å². The maximum absolute atomic E-state index is 12.5. The molecule has 6 nitrogen and oxygen atoms in total. The molecule has 108 valence electrons. The SMILES string of the molecule is Cc1c([C@@H](C)NC(=O)c2cccc3cn[nH]c23)cnn1C. The Balaban J connectivity index is 1.86. The molecule has 0 saturated carbocycles. The van der Waals surface area contributed by atoms with E-state index in [4.69, 9.17) is 0 Å². The van der Waals surface area contributed by atoms with E-state index in [0.717, 1.165) is 22.2 Å². The molecule has 0 aliphatic carbocycles. The summed E-state index contributed by atoms with van der Waals surface area (Å²) in [5, 5.41) is 15.0. The van der Waals surface area contributed by atoms with E-state index in [1.807, 2.05) is 33.0 Å². The van der Waals surface area contributed by atoms with Gasteiger partial charge in [0.15, 0.2) is 0 Å². The molecule has 0 aliphatic heterocycles. The summed E-state index contributed by atoms with van der Waals surface area (Å²) in [4.78, 5) is 12.5. The largest absolute Gasteiger partial charge is 0.345 e. The van der Waals surface area contributed by atoms with E-state index in [0.29, 0.717) is 5.56 Å². The van der Waals surface area contributed by atoms with Gasteiger partial charge in [0.2, 0.25) is 0 Å². The van der Waals surface area contributed by atoms with Crippen LogP contribution < -0.4 is 5.32 Å². The van der Waals surface area contributed by atoms with Gasteiger partial charge in [-0.3, -0.25) is 14.6 Å². The average molecular weight is 283 g/mol. The molecule has 3 aromatic rings. The first-order valence-corrected chi connectivity index (χ1v) is 6.79. The first-order valence-electron chi connectivity index (χ1n) is 6.79. The van der Waals surface area contributed by atoms with E-state index in [1.54, 1.807) is 23.1 Å². The van der Waals surface area contributed by atoms with E-state index in [1.165, 1.54) is 0 Å². The second-order valence-corrected chi connectivity index (χ2v) is 5.14. The van der Waals surface area contributed by atoms with E-state index in [-0.39, 0.29) is 11.9 Å². The third-order valence-electron chi connectivity index (χ3n) is 3.81. The molecule has 1 atom stereocenters. The fourth-order valence-corrected chi connectivity index (χ4v) is 2.45. The summed E-state index contributed by atoms with van der Waals surface area (Å²) in [7, 11) is 1.89. The summed E-state index contributed by atoms with van der Waals surface area (Å²) in [6.07, 6.45) is 3.50. The summed E-state index contributed by atoms with van der Waals surface area (Å²) in [5.41, 5.74) is 3.41. The predicted molar refractivity (Wildman–Crippen MR) is 79.9 cm³/mol. The Hall–Kier alpha value is -2.63. The Morgan fingerprint density at radius 2 is 2.19 bits per heavy atom. The quantitative estimate of drug-likeness (QED) is 0.773. The number of amides is 1. The summed E-state index contributed by atoms with van der Waals surface area (Å²) in [6, 6.07) is 5.46. The second-order valence-electron chi connectivity index (χ2n) is 5.14. The van der Waals surface area contributed by atoms with Gasteiger partial charge >= 0.3 is 0 Å². The maximum Gasteiger partial charge on any atom is 0.253 e. The number of H-pyrrole nitrogens is 1. The highest BCUT2D eigenvalue weighted by Crippen LogP contribution is 2.19. The van der Waals surface area contributed by atoms with Crippen LogP contribution in [0.3, 0.4) is 0 Å². The number of fused-ring (bicyclic) bond motifs is 1. The van der Waals surface area contributed by atoms with Crippen LogP contribution in [-0.2, 0) is 7.05 Å². The van der Waals surface area contributed by atoms with Crippen molar-refractivity contribution in [3.8, 4) is 0 Å². The minimum absolute atomic E-state index is 0.107. The number of carbonyl (C=O) groups is 1. The summed E-state index contributed by atoms with van der Waals surface area (Å²) in [6.45, 7) is 3.94. The predicted octanol–water partition coefficient (Wildman–Crippen LogP) is 2.10. The van der Waals surface area contributed by atoms with Crippen molar-refractivity contribution in [3.05, 3.63) is 47.4 Å². The first kappa shape index (κ1) is 13.4. The zero-order valence-corrected chi connectivity index (χ0v) is 12.2. The van der Waals surface area contributed by atoms with Crippen LogP contribution in [0.1, 0.15) is 34.6 Å². The van der Waals surface area contributed by atoms with E-state index < -0.39 is 0 Å². The van der Waals surface area contributed by atoms with E-state index in [2.05, 4.69) is 20.6 Å². The number of aromatic nitrogens is 4. The molecule has 1 amide bonds. The van der Waals surface area contributed by atoms with Crippen LogP contribution in [0, 0.1) is 6.92 Å². The van der Waals surface area contributed by atoms with E-state index in [9.17, 15) is 4.79 Å². The monoisotopic (exact) mass is 283 g/mol. The van der Waals surface area contributed by atoms with Crippen LogP contribution in [0.4, 0.5) is 0 Å². The number of nitrogens with zero attached hydrogens (tertiary/aromatic N) is 3. The Labute approximate surface area is 122 Å². The number of benzene rings is 1. The van der Waals surface area contributed by atoms with Gasteiger partial charge in [-0.05, 0) is 19.9 Å². The van der Waals surface area contributed by atoms with Crippen LogP contribution in [-0.4, -0.2) is 25.9 Å². The minimum Gasteiger partial charge on any atom is -0.345 e. The first-order chi connectivity index (χ1) is 10.1. The van der Waals surface area contributed by atoms with Gasteiger partial charge in [0.25, 0.3) is 5.91 Å². The number of carbonyl (C=O) groups excluding carboxylic acids is 1. The molecule has 0 spiro atoms. The van der Waals surface area contributed by atoms with Gasteiger partial charge < -0.3 is 5.32 Å². The lowest BCUT2D eigenvalue weighted by Gasteiger charge is -2.14. The van der Waals surface area contributed by atoms with Gasteiger partial charge in [0.05, 0.1) is 29.5 Å². The number of rotatable bonds is 3. The fourth-order valence-electron chi connectivity index (χ4n) is 2.45. The van der Waals surface area contributed by atoms with Gasteiger partial charge in [-0.25, -0.2) is 0 Å². The number of aryl methyl sites for hydroxylation is 1. The van der Waals surface area contributed by atoms with Crippen LogP contribution >= 0.6 is 0 Å². The van der Waals surface area contributed by atoms with Gasteiger partial charge in [-0.15, -0.1) is 0 Å². The second kappa shape index (κ2) is 5.05. The molecule has 0 fully saturated rings. The number of aromatic amines is 1. The van der Waals surface area contributed by atoms with Crippen molar-refractivity contribution >= 4 is 16.8 Å². The van der Waals surface area contributed by atoms with Crippen LogP contribution in [0.5, 0.6) is 0 Å². The highest BCUT2D eigenvalue weighted by atomic mass is 16.1. The Kier molecular flexibility index (Phi) is 3.21. The molecule has 2 heterocycles. The maximum atomic E-state index is 12.5. The van der Waals surface area contributed by atoms with Gasteiger partial charge in [0.1, 0.15) is 0 Å². The molecular weight excluding hydrogens is 266 g/mol. The lowest BCUT2D eigenvalue weighted by atomic mass is 10.1. The zero-order chi connectivity index (χ0) is 15.0. The lowest BCUT2D eigenvalue weighted by Crippen LogP contribution is -2.27. The smallest absolute Gasteiger partial charge is 0.253 e. The molecule has 0 aliphatic rings. The molecule has 2 aromatic heterocycles. The van der Waals surface area contributed by atoms with Crippen molar-refractivity contribution in [2.75, 3.05) is 0 Å². The summed E-state index contributed by atoms with van der Waals surface area (Å²) in [5.74, 6) is -0.124. The van der Waals surface area contributed by atoms with Crippen LogP contribution in [0.15, 0.2) is 30.6 Å². The Morgan fingerprint density at radius 1 is 1.38 bits per heavy atom. The number of para-hydroxylation sites is 1.